The highest BCUT2D eigenvalue weighted by atomic mass is 32.1. The Balaban J connectivity index is 1.49. The Morgan fingerprint density at radius 3 is 2.39 bits per heavy atom. The number of thiophene rings is 1. The summed E-state index contributed by atoms with van der Waals surface area (Å²) in [6.07, 6.45) is -1.45. The van der Waals surface area contributed by atoms with Gasteiger partial charge in [0.1, 0.15) is 5.75 Å². The molecule has 9 heteroatoms. The second-order valence-electron chi connectivity index (χ2n) is 7.45. The lowest BCUT2D eigenvalue weighted by atomic mass is 9.82. The van der Waals surface area contributed by atoms with Crippen LogP contribution >= 0.6 is 11.3 Å². The summed E-state index contributed by atoms with van der Waals surface area (Å²) in [5.41, 5.74) is 1.45. The summed E-state index contributed by atoms with van der Waals surface area (Å²) in [5, 5.41) is 4.74. The zero-order valence-electron chi connectivity index (χ0n) is 17.0. The van der Waals surface area contributed by atoms with Gasteiger partial charge in [0.25, 0.3) is 5.91 Å². The van der Waals surface area contributed by atoms with Crippen molar-refractivity contribution in [3.8, 4) is 16.9 Å². The average molecular weight is 455 g/mol. The summed E-state index contributed by atoms with van der Waals surface area (Å²) in [6, 6.07) is 7.25. The van der Waals surface area contributed by atoms with E-state index in [0.29, 0.717) is 29.5 Å². The number of nitrogens with one attached hydrogen (secondary N) is 1. The van der Waals surface area contributed by atoms with Gasteiger partial charge in [-0.15, -0.1) is 24.5 Å². The Bertz CT molecular complexity index is 887. The first kappa shape index (κ1) is 23.1. The second-order valence-corrected chi connectivity index (χ2v) is 8.36. The van der Waals surface area contributed by atoms with E-state index in [0.717, 1.165) is 31.2 Å². The standard InChI is InChI=1S/C22H24F3NO4S/c1-2-29-21(28)16-5-3-14(4-6-16)12-26-20(27)19-11-17(13-31-19)15-7-9-18(10-8-15)30-22(23,24)25/h7-11,13-14,16H,2-6,12H2,1H3,(H,26,27). The second kappa shape index (κ2) is 10.2. The van der Waals surface area contributed by atoms with Crippen molar-refractivity contribution < 1.29 is 32.2 Å². The minimum atomic E-state index is -4.73. The molecule has 1 heterocycles. The van der Waals surface area contributed by atoms with Gasteiger partial charge in [0.15, 0.2) is 0 Å². The van der Waals surface area contributed by atoms with Crippen LogP contribution in [0.4, 0.5) is 13.2 Å². The average Bonchev–Trinajstić information content (AvgIpc) is 3.22. The molecular weight excluding hydrogens is 431 g/mol. The number of hydrogen-bond acceptors (Lipinski definition) is 5. The Hall–Kier alpha value is -2.55. The third kappa shape index (κ3) is 6.72. The molecule has 5 nitrogen and oxygen atoms in total. The molecular formula is C22H24F3NO4S. The molecule has 1 N–H and O–H groups in total. The van der Waals surface area contributed by atoms with Gasteiger partial charge >= 0.3 is 12.3 Å². The molecule has 1 fully saturated rings. The third-order valence-corrected chi connectivity index (χ3v) is 6.19. The molecule has 0 unspecified atom stereocenters. The number of carbonyl (C=O) groups is 2. The number of halogens is 3. The summed E-state index contributed by atoms with van der Waals surface area (Å²) >= 11 is 1.28. The van der Waals surface area contributed by atoms with E-state index in [1.54, 1.807) is 18.4 Å². The fourth-order valence-corrected chi connectivity index (χ4v) is 4.47. The van der Waals surface area contributed by atoms with Gasteiger partial charge in [-0.3, -0.25) is 9.59 Å². The molecule has 1 aliphatic rings. The SMILES string of the molecule is CCOC(=O)C1CCC(CNC(=O)c2cc(-c3ccc(OC(F)(F)F)cc3)cs2)CC1. The van der Waals surface area contributed by atoms with Crippen molar-refractivity contribution in [1.82, 2.24) is 5.32 Å². The number of ether oxygens (including phenoxy) is 2. The van der Waals surface area contributed by atoms with E-state index in [4.69, 9.17) is 4.74 Å². The summed E-state index contributed by atoms with van der Waals surface area (Å²) in [6.45, 7) is 2.74. The van der Waals surface area contributed by atoms with Gasteiger partial charge in [0.2, 0.25) is 0 Å². The van der Waals surface area contributed by atoms with Crippen LogP contribution in [0.1, 0.15) is 42.3 Å². The summed E-state index contributed by atoms with van der Waals surface area (Å²) in [7, 11) is 0. The molecule has 0 spiro atoms. The molecule has 168 valence electrons. The number of hydrogen-bond donors (Lipinski definition) is 1. The van der Waals surface area contributed by atoms with Gasteiger partial charge in [0.05, 0.1) is 17.4 Å². The smallest absolute Gasteiger partial charge is 0.466 e. The van der Waals surface area contributed by atoms with E-state index in [9.17, 15) is 22.8 Å². The summed E-state index contributed by atoms with van der Waals surface area (Å²) < 4.78 is 45.7. The first-order valence-electron chi connectivity index (χ1n) is 10.1. The Labute approximate surface area is 182 Å². The van der Waals surface area contributed by atoms with Gasteiger partial charge in [-0.25, -0.2) is 0 Å². The van der Waals surface area contributed by atoms with E-state index in [1.807, 2.05) is 0 Å². The van der Waals surface area contributed by atoms with E-state index in [-0.39, 0.29) is 23.5 Å². The molecule has 1 aliphatic carbocycles. The van der Waals surface area contributed by atoms with Crippen LogP contribution in [0.15, 0.2) is 35.7 Å². The number of esters is 1. The van der Waals surface area contributed by atoms with Crippen molar-refractivity contribution >= 4 is 23.2 Å². The first-order valence-corrected chi connectivity index (χ1v) is 11.0. The van der Waals surface area contributed by atoms with Crippen LogP contribution in [-0.2, 0) is 9.53 Å². The number of rotatable bonds is 7. The fourth-order valence-electron chi connectivity index (χ4n) is 3.64. The Morgan fingerprint density at radius 1 is 1.10 bits per heavy atom. The van der Waals surface area contributed by atoms with Crippen molar-refractivity contribution in [2.24, 2.45) is 11.8 Å². The molecule has 0 saturated heterocycles. The van der Waals surface area contributed by atoms with Crippen LogP contribution in [0.5, 0.6) is 5.75 Å². The minimum Gasteiger partial charge on any atom is -0.466 e. The molecule has 2 aromatic rings. The summed E-state index contributed by atoms with van der Waals surface area (Å²) in [4.78, 5) is 24.8. The van der Waals surface area contributed by atoms with Crippen molar-refractivity contribution in [1.29, 1.82) is 0 Å². The lowest BCUT2D eigenvalue weighted by Gasteiger charge is -2.27. The van der Waals surface area contributed by atoms with Gasteiger partial charge < -0.3 is 14.8 Å². The van der Waals surface area contributed by atoms with Gasteiger partial charge in [0, 0.05) is 6.54 Å². The van der Waals surface area contributed by atoms with E-state index < -0.39 is 6.36 Å². The lowest BCUT2D eigenvalue weighted by molar-refractivity contribution is -0.274. The highest BCUT2D eigenvalue weighted by Crippen LogP contribution is 2.31. The van der Waals surface area contributed by atoms with Crippen LogP contribution in [-0.4, -0.2) is 31.4 Å². The van der Waals surface area contributed by atoms with Crippen LogP contribution < -0.4 is 10.1 Å². The molecule has 0 atom stereocenters. The molecule has 31 heavy (non-hydrogen) atoms. The molecule has 0 radical (unpaired) electrons. The molecule has 1 aromatic carbocycles. The quantitative estimate of drug-likeness (QED) is 0.567. The Morgan fingerprint density at radius 2 is 1.77 bits per heavy atom. The van der Waals surface area contributed by atoms with E-state index in [2.05, 4.69) is 10.1 Å². The maximum atomic E-state index is 12.5. The number of carbonyl (C=O) groups excluding carboxylic acids is 2. The van der Waals surface area contributed by atoms with Crippen molar-refractivity contribution in [2.75, 3.05) is 13.2 Å². The van der Waals surface area contributed by atoms with Crippen molar-refractivity contribution in [2.45, 2.75) is 39.0 Å². The molecule has 0 aliphatic heterocycles. The predicted octanol–water partition coefficient (Wildman–Crippen LogP) is 5.41. The molecule has 0 bridgehead atoms. The van der Waals surface area contributed by atoms with E-state index in [1.165, 1.54) is 35.6 Å². The van der Waals surface area contributed by atoms with Crippen LogP contribution in [0.25, 0.3) is 11.1 Å². The first-order chi connectivity index (χ1) is 14.7. The van der Waals surface area contributed by atoms with Gasteiger partial charge in [-0.05, 0) is 73.2 Å². The highest BCUT2D eigenvalue weighted by molar-refractivity contribution is 7.12. The number of benzene rings is 1. The maximum absolute atomic E-state index is 12.5. The molecule has 1 aromatic heterocycles. The van der Waals surface area contributed by atoms with Crippen molar-refractivity contribution in [3.63, 3.8) is 0 Å². The fraction of sp³-hybridized carbons (Fsp3) is 0.455. The van der Waals surface area contributed by atoms with Crippen LogP contribution in [0.2, 0.25) is 0 Å². The Kier molecular flexibility index (Phi) is 7.59. The number of amides is 1. The van der Waals surface area contributed by atoms with Crippen LogP contribution in [0.3, 0.4) is 0 Å². The molecule has 1 saturated carbocycles. The summed E-state index contributed by atoms with van der Waals surface area (Å²) in [5.74, 6) is -0.313. The third-order valence-electron chi connectivity index (χ3n) is 5.26. The minimum absolute atomic E-state index is 0.0420. The largest absolute Gasteiger partial charge is 0.573 e. The monoisotopic (exact) mass is 455 g/mol. The van der Waals surface area contributed by atoms with E-state index >= 15 is 0 Å². The molecule has 1 amide bonds. The molecule has 3 rings (SSSR count). The number of alkyl halides is 3. The normalized spacial score (nSPS) is 19.0. The maximum Gasteiger partial charge on any atom is 0.573 e. The zero-order chi connectivity index (χ0) is 22.4. The van der Waals surface area contributed by atoms with Gasteiger partial charge in [-0.2, -0.15) is 0 Å². The zero-order valence-corrected chi connectivity index (χ0v) is 17.9. The van der Waals surface area contributed by atoms with Crippen molar-refractivity contribution in [3.05, 3.63) is 40.6 Å². The predicted molar refractivity (Wildman–Crippen MR) is 111 cm³/mol. The topological polar surface area (TPSA) is 64.6 Å². The lowest BCUT2D eigenvalue weighted by Crippen LogP contribution is -2.32. The highest BCUT2D eigenvalue weighted by Gasteiger charge is 2.31. The van der Waals surface area contributed by atoms with Crippen LogP contribution in [0, 0.1) is 11.8 Å². The van der Waals surface area contributed by atoms with Gasteiger partial charge in [-0.1, -0.05) is 12.1 Å².